The molecule has 2 N–H and O–H groups in total. The Hall–Kier alpha value is -5.12. The Morgan fingerprint density at radius 2 is 1.05 bits per heavy atom. The van der Waals surface area contributed by atoms with Crippen molar-refractivity contribution in [1.29, 1.82) is 0 Å². The summed E-state index contributed by atoms with van der Waals surface area (Å²) >= 11 is 0. The number of hydrogen-bond acceptors (Lipinski definition) is 8. The highest BCUT2D eigenvalue weighted by molar-refractivity contribution is 5.92. The molecule has 224 valence electrons. The van der Waals surface area contributed by atoms with Crippen LogP contribution in [0.5, 0.6) is 0 Å². The van der Waals surface area contributed by atoms with Crippen LogP contribution < -0.4 is 20.4 Å². The molecule has 0 saturated carbocycles. The minimum atomic E-state index is 0.820. The van der Waals surface area contributed by atoms with Crippen molar-refractivity contribution in [2.24, 2.45) is 14.1 Å². The summed E-state index contributed by atoms with van der Waals surface area (Å²) in [6.45, 7) is 5.39. The number of nitrogens with one attached hydrogen (secondary N) is 2. The van der Waals surface area contributed by atoms with Gasteiger partial charge in [-0.2, -0.15) is 0 Å². The third-order valence-electron chi connectivity index (χ3n) is 8.70. The molecule has 2 aromatic carbocycles. The first-order valence-corrected chi connectivity index (χ1v) is 15.3. The summed E-state index contributed by atoms with van der Waals surface area (Å²) in [5.74, 6) is 1.77. The predicted molar refractivity (Wildman–Crippen MR) is 179 cm³/mol. The fourth-order valence-electron chi connectivity index (χ4n) is 6.12. The topological polar surface area (TPSA) is 92.0 Å². The van der Waals surface area contributed by atoms with Gasteiger partial charge in [0, 0.05) is 112 Å². The van der Waals surface area contributed by atoms with E-state index in [0.29, 0.717) is 0 Å². The van der Waals surface area contributed by atoms with Crippen molar-refractivity contribution < 1.29 is 0 Å². The standard InChI is InChI=1S/C34H38N10/c1-41-15-3-5-25(41)11-13-35-33-29-9-7-27(21-31(29)37-23-39-33)43-17-19-44(20-18-43)28-8-10-30-32(22-28)38-24-40-34(30)36-14-12-26-6-4-16-42(26)2/h3-10,15-16,21-24H,11-14,17-20H2,1-2H3,(H,35,37,39)(H,36,38,40). The van der Waals surface area contributed by atoms with Gasteiger partial charge < -0.3 is 29.6 Å². The van der Waals surface area contributed by atoms with Crippen LogP contribution in [0.1, 0.15) is 11.4 Å². The van der Waals surface area contributed by atoms with Crippen molar-refractivity contribution in [3.63, 3.8) is 0 Å². The Balaban J connectivity index is 0.977. The lowest BCUT2D eigenvalue weighted by Gasteiger charge is -2.37. The number of piperazine rings is 1. The molecular weight excluding hydrogens is 548 g/mol. The molecule has 0 bridgehead atoms. The van der Waals surface area contributed by atoms with Crippen molar-refractivity contribution in [2.45, 2.75) is 12.8 Å². The molecule has 5 heterocycles. The van der Waals surface area contributed by atoms with Gasteiger partial charge in [-0.3, -0.25) is 0 Å². The smallest absolute Gasteiger partial charge is 0.137 e. The minimum Gasteiger partial charge on any atom is -0.369 e. The normalized spacial score (nSPS) is 13.6. The first-order chi connectivity index (χ1) is 21.6. The second-order valence-corrected chi connectivity index (χ2v) is 11.4. The highest BCUT2D eigenvalue weighted by Crippen LogP contribution is 2.28. The van der Waals surface area contributed by atoms with E-state index in [1.54, 1.807) is 12.7 Å². The highest BCUT2D eigenvalue weighted by Gasteiger charge is 2.19. The van der Waals surface area contributed by atoms with Gasteiger partial charge in [0.15, 0.2) is 0 Å². The van der Waals surface area contributed by atoms with Crippen LogP contribution in [0.3, 0.4) is 0 Å². The van der Waals surface area contributed by atoms with Gasteiger partial charge in [-0.05, 0) is 60.7 Å². The van der Waals surface area contributed by atoms with Crippen LogP contribution in [-0.4, -0.2) is 68.3 Å². The van der Waals surface area contributed by atoms with Crippen molar-refractivity contribution in [2.75, 3.05) is 59.7 Å². The van der Waals surface area contributed by atoms with Gasteiger partial charge in [-0.15, -0.1) is 0 Å². The molecule has 1 saturated heterocycles. The first kappa shape index (κ1) is 27.7. The Morgan fingerprint density at radius 3 is 1.45 bits per heavy atom. The number of aryl methyl sites for hydroxylation is 2. The quantitative estimate of drug-likeness (QED) is 0.235. The predicted octanol–water partition coefficient (Wildman–Crippen LogP) is 4.89. The molecule has 0 aliphatic carbocycles. The second kappa shape index (κ2) is 12.2. The largest absolute Gasteiger partial charge is 0.369 e. The maximum absolute atomic E-state index is 4.59. The van der Waals surface area contributed by atoms with E-state index in [0.717, 1.165) is 85.6 Å². The van der Waals surface area contributed by atoms with Gasteiger partial charge in [0.05, 0.1) is 11.0 Å². The van der Waals surface area contributed by atoms with Crippen molar-refractivity contribution in [3.8, 4) is 0 Å². The summed E-state index contributed by atoms with van der Waals surface area (Å²) in [7, 11) is 4.16. The number of hydrogen-bond donors (Lipinski definition) is 2. The average molecular weight is 587 g/mol. The number of nitrogens with zero attached hydrogens (tertiary/aromatic N) is 8. The summed E-state index contributed by atoms with van der Waals surface area (Å²) in [5.41, 5.74) is 6.91. The van der Waals surface area contributed by atoms with Crippen LogP contribution >= 0.6 is 0 Å². The molecule has 1 aliphatic heterocycles. The fraction of sp³-hybridized carbons (Fsp3) is 0.294. The van der Waals surface area contributed by atoms with E-state index in [4.69, 9.17) is 0 Å². The van der Waals surface area contributed by atoms with E-state index in [9.17, 15) is 0 Å². The lowest BCUT2D eigenvalue weighted by atomic mass is 10.1. The maximum atomic E-state index is 4.59. The first-order valence-electron chi connectivity index (χ1n) is 15.3. The summed E-state index contributed by atoms with van der Waals surface area (Å²) in [6, 6.07) is 21.5. The van der Waals surface area contributed by atoms with Crippen molar-refractivity contribution in [1.82, 2.24) is 29.1 Å². The van der Waals surface area contributed by atoms with Crippen LogP contribution in [0.4, 0.5) is 23.0 Å². The molecular formula is C34H38N10. The Morgan fingerprint density at radius 1 is 0.591 bits per heavy atom. The summed E-state index contributed by atoms with van der Waals surface area (Å²) in [6.07, 6.45) is 9.35. The van der Waals surface area contributed by atoms with Crippen molar-refractivity contribution in [3.05, 3.63) is 97.1 Å². The average Bonchev–Trinajstić information content (AvgIpc) is 3.67. The van der Waals surface area contributed by atoms with Gasteiger partial charge in [0.2, 0.25) is 0 Å². The third-order valence-corrected chi connectivity index (χ3v) is 8.70. The number of aromatic nitrogens is 6. The minimum absolute atomic E-state index is 0.820. The number of rotatable bonds is 10. The van der Waals surface area contributed by atoms with Crippen LogP contribution in [0, 0.1) is 0 Å². The van der Waals surface area contributed by atoms with Crippen LogP contribution in [0.25, 0.3) is 21.8 Å². The lowest BCUT2D eigenvalue weighted by molar-refractivity contribution is 0.654. The molecule has 6 aromatic rings. The lowest BCUT2D eigenvalue weighted by Crippen LogP contribution is -2.46. The molecule has 0 spiro atoms. The second-order valence-electron chi connectivity index (χ2n) is 11.4. The van der Waals surface area contributed by atoms with Crippen LogP contribution in [0.15, 0.2) is 85.7 Å². The molecule has 0 amide bonds. The molecule has 44 heavy (non-hydrogen) atoms. The zero-order valence-electron chi connectivity index (χ0n) is 25.3. The van der Waals surface area contributed by atoms with E-state index < -0.39 is 0 Å². The van der Waals surface area contributed by atoms with E-state index in [2.05, 4.69) is 137 Å². The Bertz CT molecular complexity index is 1740. The number of anilines is 4. The Kier molecular flexibility index (Phi) is 7.70. The fourth-order valence-corrected chi connectivity index (χ4v) is 6.12. The van der Waals surface area contributed by atoms with E-state index in [-0.39, 0.29) is 0 Å². The Labute approximate surface area is 257 Å². The summed E-state index contributed by atoms with van der Waals surface area (Å²) in [5, 5.41) is 9.12. The molecule has 4 aromatic heterocycles. The summed E-state index contributed by atoms with van der Waals surface area (Å²) in [4.78, 5) is 23.1. The molecule has 10 heteroatoms. The SMILES string of the molecule is Cn1cccc1CCNc1ncnc2cc(N3CCN(c4ccc5c(NCCc6cccn6C)ncnc5c4)CC3)ccc12. The maximum Gasteiger partial charge on any atom is 0.137 e. The zero-order valence-corrected chi connectivity index (χ0v) is 25.3. The van der Waals surface area contributed by atoms with Crippen LogP contribution in [-0.2, 0) is 26.9 Å². The highest BCUT2D eigenvalue weighted by atomic mass is 15.3. The van der Waals surface area contributed by atoms with Crippen molar-refractivity contribution >= 4 is 44.8 Å². The monoisotopic (exact) mass is 586 g/mol. The van der Waals surface area contributed by atoms with Gasteiger partial charge >= 0.3 is 0 Å². The molecule has 1 fully saturated rings. The molecule has 10 nitrogen and oxygen atoms in total. The van der Waals surface area contributed by atoms with Gasteiger partial charge in [0.1, 0.15) is 24.3 Å². The third kappa shape index (κ3) is 5.75. The van der Waals surface area contributed by atoms with E-state index in [1.807, 2.05) is 0 Å². The molecule has 1 aliphatic rings. The van der Waals surface area contributed by atoms with Gasteiger partial charge in [-0.25, -0.2) is 19.9 Å². The molecule has 0 atom stereocenters. The van der Waals surface area contributed by atoms with Gasteiger partial charge in [0.25, 0.3) is 0 Å². The molecule has 0 unspecified atom stereocenters. The van der Waals surface area contributed by atoms with Crippen LogP contribution in [0.2, 0.25) is 0 Å². The van der Waals surface area contributed by atoms with E-state index >= 15 is 0 Å². The number of benzene rings is 2. The summed E-state index contributed by atoms with van der Waals surface area (Å²) < 4.78 is 4.31. The molecule has 7 rings (SSSR count). The van der Waals surface area contributed by atoms with E-state index in [1.165, 1.54) is 22.8 Å². The van der Waals surface area contributed by atoms with Gasteiger partial charge in [-0.1, -0.05) is 0 Å². The molecule has 0 radical (unpaired) electrons. The number of fused-ring (bicyclic) bond motifs is 2. The zero-order chi connectivity index (χ0) is 29.9.